The number of aryl methyl sites for hydroxylation is 1. The minimum atomic E-state index is 0.651. The van der Waals surface area contributed by atoms with Crippen LogP contribution in [0.5, 0.6) is 0 Å². The third kappa shape index (κ3) is 4.24. The second-order valence-electron chi connectivity index (χ2n) is 3.77. The van der Waals surface area contributed by atoms with Crippen LogP contribution in [0.15, 0.2) is 4.47 Å². The first-order valence-corrected chi connectivity index (χ1v) is 6.80. The fourth-order valence-corrected chi connectivity index (χ4v) is 2.04. The number of nitrogens with zero attached hydrogens (tertiary/aromatic N) is 2. The quantitative estimate of drug-likeness (QED) is 0.841. The average Bonchev–Trinajstić information content (AvgIpc) is 2.35. The molecule has 0 radical (unpaired) electrons. The number of methoxy groups -OCH3 is 1. The van der Waals surface area contributed by atoms with Gasteiger partial charge >= 0.3 is 0 Å². The second-order valence-corrected chi connectivity index (χ2v) is 4.57. The van der Waals surface area contributed by atoms with Crippen molar-refractivity contribution < 1.29 is 4.74 Å². The summed E-state index contributed by atoms with van der Waals surface area (Å²) in [5.41, 5.74) is 1.05. The van der Waals surface area contributed by atoms with Gasteiger partial charge in [-0.2, -0.15) is 0 Å². The standard InChI is InChI=1S/C12H20BrN3O/c1-4-7-14-12-11(13)9(5-2)15-10(16-12)6-8-17-3/h4-8H2,1-3H3,(H,14,15,16). The molecule has 0 aliphatic heterocycles. The molecule has 0 bridgehead atoms. The molecule has 1 aromatic heterocycles. The summed E-state index contributed by atoms with van der Waals surface area (Å²) in [7, 11) is 1.69. The number of halogens is 1. The summed E-state index contributed by atoms with van der Waals surface area (Å²) < 4.78 is 6.04. The number of nitrogens with one attached hydrogen (secondary N) is 1. The molecule has 1 N–H and O–H groups in total. The fourth-order valence-electron chi connectivity index (χ4n) is 1.44. The van der Waals surface area contributed by atoms with E-state index >= 15 is 0 Å². The number of hydrogen-bond acceptors (Lipinski definition) is 4. The Labute approximate surface area is 111 Å². The smallest absolute Gasteiger partial charge is 0.144 e. The molecule has 4 nitrogen and oxygen atoms in total. The van der Waals surface area contributed by atoms with Gasteiger partial charge in [-0.1, -0.05) is 13.8 Å². The first-order valence-electron chi connectivity index (χ1n) is 6.01. The van der Waals surface area contributed by atoms with Crippen molar-refractivity contribution >= 4 is 21.7 Å². The van der Waals surface area contributed by atoms with E-state index in [1.807, 2.05) is 0 Å². The minimum absolute atomic E-state index is 0.651. The maximum atomic E-state index is 5.06. The Kier molecular flexibility index (Phi) is 6.44. The largest absolute Gasteiger partial charge is 0.384 e. The van der Waals surface area contributed by atoms with Gasteiger partial charge in [0.15, 0.2) is 0 Å². The Morgan fingerprint density at radius 1 is 1.29 bits per heavy atom. The molecule has 5 heteroatoms. The molecule has 1 aromatic rings. The van der Waals surface area contributed by atoms with Crippen LogP contribution in [0.1, 0.15) is 31.8 Å². The van der Waals surface area contributed by atoms with Crippen molar-refractivity contribution in [3.8, 4) is 0 Å². The van der Waals surface area contributed by atoms with Gasteiger partial charge in [0.25, 0.3) is 0 Å². The van der Waals surface area contributed by atoms with E-state index in [4.69, 9.17) is 4.74 Å². The van der Waals surface area contributed by atoms with Crippen molar-refractivity contribution in [2.45, 2.75) is 33.1 Å². The van der Waals surface area contributed by atoms with Crippen LogP contribution in [0.25, 0.3) is 0 Å². The van der Waals surface area contributed by atoms with Crippen LogP contribution in [-0.2, 0) is 17.6 Å². The van der Waals surface area contributed by atoms with Crippen LogP contribution >= 0.6 is 15.9 Å². The molecule has 0 aromatic carbocycles. The first kappa shape index (κ1) is 14.4. The highest BCUT2D eigenvalue weighted by Gasteiger charge is 2.10. The summed E-state index contributed by atoms with van der Waals surface area (Å²) in [4.78, 5) is 9.03. The maximum absolute atomic E-state index is 5.06. The predicted octanol–water partition coefficient (Wildman–Crippen LogP) is 2.81. The molecule has 0 aliphatic rings. The Morgan fingerprint density at radius 3 is 2.65 bits per heavy atom. The lowest BCUT2D eigenvalue weighted by Gasteiger charge is -2.11. The highest BCUT2D eigenvalue weighted by Crippen LogP contribution is 2.24. The number of rotatable bonds is 7. The first-order chi connectivity index (χ1) is 8.22. The van der Waals surface area contributed by atoms with E-state index < -0.39 is 0 Å². The van der Waals surface area contributed by atoms with Crippen molar-refractivity contribution in [1.82, 2.24) is 9.97 Å². The molecule has 1 rings (SSSR count). The molecule has 96 valence electrons. The van der Waals surface area contributed by atoms with Gasteiger partial charge in [0.05, 0.1) is 16.8 Å². The molecular formula is C12H20BrN3O. The molecule has 0 atom stereocenters. The van der Waals surface area contributed by atoms with Gasteiger partial charge in [-0.05, 0) is 28.8 Å². The summed E-state index contributed by atoms with van der Waals surface area (Å²) in [5.74, 6) is 1.73. The summed E-state index contributed by atoms with van der Waals surface area (Å²) in [6.45, 7) is 5.80. The normalized spacial score (nSPS) is 10.6. The van der Waals surface area contributed by atoms with Gasteiger partial charge in [-0.15, -0.1) is 0 Å². The van der Waals surface area contributed by atoms with Crippen LogP contribution in [-0.4, -0.2) is 30.2 Å². The van der Waals surface area contributed by atoms with E-state index in [2.05, 4.69) is 45.1 Å². The Morgan fingerprint density at radius 2 is 2.06 bits per heavy atom. The van der Waals surface area contributed by atoms with E-state index in [0.717, 1.165) is 47.6 Å². The SMILES string of the molecule is CCCNc1nc(CCOC)nc(CC)c1Br. The molecule has 0 aliphatic carbocycles. The zero-order valence-electron chi connectivity index (χ0n) is 10.7. The van der Waals surface area contributed by atoms with Gasteiger partial charge in [0.2, 0.25) is 0 Å². The molecule has 17 heavy (non-hydrogen) atoms. The van der Waals surface area contributed by atoms with Crippen molar-refractivity contribution in [2.75, 3.05) is 25.6 Å². The van der Waals surface area contributed by atoms with Crippen molar-refractivity contribution in [3.63, 3.8) is 0 Å². The number of anilines is 1. The van der Waals surface area contributed by atoms with Gasteiger partial charge < -0.3 is 10.1 Å². The van der Waals surface area contributed by atoms with E-state index in [0.29, 0.717) is 6.61 Å². The van der Waals surface area contributed by atoms with Gasteiger partial charge in [0.1, 0.15) is 11.6 Å². The van der Waals surface area contributed by atoms with Crippen LogP contribution in [0, 0.1) is 0 Å². The predicted molar refractivity (Wildman–Crippen MR) is 73.5 cm³/mol. The average molecular weight is 302 g/mol. The Bertz CT molecular complexity index is 358. The lowest BCUT2D eigenvalue weighted by molar-refractivity contribution is 0.200. The maximum Gasteiger partial charge on any atom is 0.144 e. The Balaban J connectivity index is 2.92. The van der Waals surface area contributed by atoms with Gasteiger partial charge in [0, 0.05) is 20.1 Å². The Hall–Kier alpha value is -0.680. The number of aromatic nitrogens is 2. The molecule has 0 saturated carbocycles. The topological polar surface area (TPSA) is 47.0 Å². The number of hydrogen-bond donors (Lipinski definition) is 1. The van der Waals surface area contributed by atoms with E-state index in [1.54, 1.807) is 7.11 Å². The molecule has 0 saturated heterocycles. The summed E-state index contributed by atoms with van der Waals surface area (Å²) in [6.07, 6.45) is 2.72. The highest BCUT2D eigenvalue weighted by atomic mass is 79.9. The summed E-state index contributed by atoms with van der Waals surface area (Å²) >= 11 is 3.56. The van der Waals surface area contributed by atoms with Crippen molar-refractivity contribution in [3.05, 3.63) is 16.0 Å². The van der Waals surface area contributed by atoms with Gasteiger partial charge in [-0.25, -0.2) is 9.97 Å². The molecule has 0 unspecified atom stereocenters. The second kappa shape index (κ2) is 7.61. The van der Waals surface area contributed by atoms with Crippen LogP contribution in [0.3, 0.4) is 0 Å². The van der Waals surface area contributed by atoms with Crippen molar-refractivity contribution in [2.24, 2.45) is 0 Å². The third-order valence-corrected chi connectivity index (χ3v) is 3.21. The molecular weight excluding hydrogens is 282 g/mol. The summed E-state index contributed by atoms with van der Waals surface area (Å²) in [5, 5.41) is 3.32. The molecule has 0 spiro atoms. The van der Waals surface area contributed by atoms with E-state index in [-0.39, 0.29) is 0 Å². The van der Waals surface area contributed by atoms with Crippen LogP contribution < -0.4 is 5.32 Å². The monoisotopic (exact) mass is 301 g/mol. The van der Waals surface area contributed by atoms with Crippen molar-refractivity contribution in [1.29, 1.82) is 0 Å². The highest BCUT2D eigenvalue weighted by molar-refractivity contribution is 9.10. The lowest BCUT2D eigenvalue weighted by atomic mass is 10.3. The third-order valence-electron chi connectivity index (χ3n) is 2.37. The minimum Gasteiger partial charge on any atom is -0.384 e. The fraction of sp³-hybridized carbons (Fsp3) is 0.667. The van der Waals surface area contributed by atoms with E-state index in [1.165, 1.54) is 0 Å². The molecule has 0 fully saturated rings. The zero-order valence-corrected chi connectivity index (χ0v) is 12.3. The van der Waals surface area contributed by atoms with Crippen LogP contribution in [0.2, 0.25) is 0 Å². The van der Waals surface area contributed by atoms with E-state index in [9.17, 15) is 0 Å². The van der Waals surface area contributed by atoms with Gasteiger partial charge in [-0.3, -0.25) is 0 Å². The lowest BCUT2D eigenvalue weighted by Crippen LogP contribution is -2.10. The number of ether oxygens (including phenoxy) is 1. The molecule has 1 heterocycles. The summed E-state index contributed by atoms with van der Waals surface area (Å²) in [6, 6.07) is 0. The van der Waals surface area contributed by atoms with Crippen LogP contribution in [0.4, 0.5) is 5.82 Å². The molecule has 0 amide bonds. The zero-order chi connectivity index (χ0) is 12.7.